The molecule has 9 heteroatoms. The molecular weight excluding hydrogens is 543 g/mol. The molecule has 1 aromatic heterocycles. The lowest BCUT2D eigenvalue weighted by molar-refractivity contribution is 0.221. The molecule has 1 aliphatic heterocycles. The Kier molecular flexibility index (Phi) is 9.14. The second-order valence-corrected chi connectivity index (χ2v) is 8.33. The minimum Gasteiger partial charge on any atom is -0.493 e. The van der Waals surface area contributed by atoms with Gasteiger partial charge >= 0.3 is 0 Å². The summed E-state index contributed by atoms with van der Waals surface area (Å²) in [5.41, 5.74) is 2.25. The zero-order valence-corrected chi connectivity index (χ0v) is 22.4. The zero-order valence-electron chi connectivity index (χ0n) is 20.1. The topological polar surface area (TPSA) is 85.6 Å². The number of hydrogen-bond donors (Lipinski definition) is 2. The molecule has 0 saturated carbocycles. The van der Waals surface area contributed by atoms with Crippen LogP contribution in [0.4, 0.5) is 0 Å². The third-order valence-corrected chi connectivity index (χ3v) is 5.81. The smallest absolute Gasteiger partial charge is 0.192 e. The van der Waals surface area contributed by atoms with Crippen molar-refractivity contribution in [2.75, 3.05) is 13.2 Å². The molecule has 2 atom stereocenters. The average Bonchev–Trinajstić information content (AvgIpc) is 3.14. The summed E-state index contributed by atoms with van der Waals surface area (Å²) in [4.78, 5) is 4.81. The second kappa shape index (κ2) is 12.0. The third-order valence-electron chi connectivity index (χ3n) is 5.81. The van der Waals surface area contributed by atoms with E-state index in [1.54, 1.807) is 0 Å². The quantitative estimate of drug-likeness (QED) is 0.251. The number of aromatic nitrogens is 3. The van der Waals surface area contributed by atoms with E-state index in [4.69, 9.17) is 14.5 Å². The number of halogens is 1. The first-order valence-corrected chi connectivity index (χ1v) is 11.3. The molecule has 3 aromatic rings. The number of nitrogens with one attached hydrogen (secondary N) is 2. The molecule has 182 valence electrons. The van der Waals surface area contributed by atoms with Gasteiger partial charge < -0.3 is 24.7 Å². The number of para-hydroxylation sites is 2. The first kappa shape index (κ1) is 25.8. The SMILES string of the molecule is Cc1ccccc1OC(C)CNC(=NCc1nnc(C)n1C)NC1CCOc2ccccc21.I. The summed E-state index contributed by atoms with van der Waals surface area (Å²) in [6.07, 6.45) is 0.813. The van der Waals surface area contributed by atoms with Crippen LogP contribution in [0.1, 0.15) is 42.2 Å². The number of ether oxygens (including phenoxy) is 2. The molecule has 0 bridgehead atoms. The van der Waals surface area contributed by atoms with Gasteiger partial charge in [0, 0.05) is 19.0 Å². The maximum absolute atomic E-state index is 6.14. The van der Waals surface area contributed by atoms with Crippen LogP contribution in [0.2, 0.25) is 0 Å². The van der Waals surface area contributed by atoms with Gasteiger partial charge in [0.15, 0.2) is 11.8 Å². The van der Waals surface area contributed by atoms with Crippen molar-refractivity contribution < 1.29 is 9.47 Å². The Morgan fingerprint density at radius 2 is 1.94 bits per heavy atom. The summed E-state index contributed by atoms with van der Waals surface area (Å²) in [6.45, 7) is 7.72. The molecule has 0 spiro atoms. The molecular formula is C25H33IN6O2. The van der Waals surface area contributed by atoms with Gasteiger partial charge in [-0.15, -0.1) is 34.2 Å². The van der Waals surface area contributed by atoms with Crippen molar-refractivity contribution in [1.82, 2.24) is 25.4 Å². The van der Waals surface area contributed by atoms with E-state index in [1.807, 2.05) is 61.9 Å². The van der Waals surface area contributed by atoms with E-state index < -0.39 is 0 Å². The molecule has 0 aliphatic carbocycles. The van der Waals surface area contributed by atoms with Crippen LogP contribution in [0.3, 0.4) is 0 Å². The number of aliphatic imine (C=N–C) groups is 1. The fourth-order valence-corrected chi connectivity index (χ4v) is 3.74. The third kappa shape index (κ3) is 6.40. The number of hydrogen-bond acceptors (Lipinski definition) is 5. The number of rotatable bonds is 7. The summed E-state index contributed by atoms with van der Waals surface area (Å²) < 4.78 is 13.9. The van der Waals surface area contributed by atoms with Crippen molar-refractivity contribution in [2.45, 2.75) is 45.9 Å². The summed E-state index contributed by atoms with van der Waals surface area (Å²) in [7, 11) is 1.95. The van der Waals surface area contributed by atoms with Gasteiger partial charge in [0.2, 0.25) is 0 Å². The minimum atomic E-state index is -0.0443. The van der Waals surface area contributed by atoms with Crippen LogP contribution in [-0.4, -0.2) is 40.0 Å². The predicted molar refractivity (Wildman–Crippen MR) is 144 cm³/mol. The molecule has 2 heterocycles. The normalized spacial score (nSPS) is 16.0. The van der Waals surface area contributed by atoms with Crippen molar-refractivity contribution in [2.24, 2.45) is 12.0 Å². The van der Waals surface area contributed by atoms with Crippen molar-refractivity contribution in [3.05, 3.63) is 71.3 Å². The highest BCUT2D eigenvalue weighted by atomic mass is 127. The van der Waals surface area contributed by atoms with E-state index in [1.165, 1.54) is 0 Å². The van der Waals surface area contributed by atoms with E-state index in [-0.39, 0.29) is 36.1 Å². The van der Waals surface area contributed by atoms with Gasteiger partial charge in [-0.25, -0.2) is 4.99 Å². The summed E-state index contributed by atoms with van der Waals surface area (Å²) in [5.74, 6) is 4.19. The standard InChI is InChI=1S/C25H32N6O2.HI/c1-17-9-5-7-11-22(17)33-18(2)15-26-25(27-16-24-30-29-19(3)31(24)4)28-21-13-14-32-23-12-8-6-10-20(21)23;/h5-12,18,21H,13-16H2,1-4H3,(H2,26,27,28);1H. The Morgan fingerprint density at radius 3 is 2.71 bits per heavy atom. The molecule has 0 amide bonds. The van der Waals surface area contributed by atoms with Crippen LogP contribution >= 0.6 is 24.0 Å². The van der Waals surface area contributed by atoms with Crippen molar-refractivity contribution >= 4 is 29.9 Å². The molecule has 8 nitrogen and oxygen atoms in total. The minimum absolute atomic E-state index is 0. The van der Waals surface area contributed by atoms with Crippen LogP contribution in [-0.2, 0) is 13.6 Å². The Morgan fingerprint density at radius 1 is 1.18 bits per heavy atom. The highest BCUT2D eigenvalue weighted by Crippen LogP contribution is 2.31. The summed E-state index contributed by atoms with van der Waals surface area (Å²) in [6, 6.07) is 16.3. The maximum atomic E-state index is 6.14. The van der Waals surface area contributed by atoms with Gasteiger partial charge in [0.25, 0.3) is 0 Å². The van der Waals surface area contributed by atoms with E-state index in [0.29, 0.717) is 25.7 Å². The monoisotopic (exact) mass is 576 g/mol. The fourth-order valence-electron chi connectivity index (χ4n) is 3.74. The second-order valence-electron chi connectivity index (χ2n) is 8.33. The van der Waals surface area contributed by atoms with Crippen LogP contribution in [0.15, 0.2) is 53.5 Å². The number of nitrogens with zero attached hydrogens (tertiary/aromatic N) is 4. The van der Waals surface area contributed by atoms with Crippen LogP contribution in [0, 0.1) is 13.8 Å². The zero-order chi connectivity index (χ0) is 23.2. The van der Waals surface area contributed by atoms with Gasteiger partial charge in [0.05, 0.1) is 19.2 Å². The number of guanidine groups is 1. The first-order chi connectivity index (χ1) is 16.0. The lowest BCUT2D eigenvalue weighted by atomic mass is 10.0. The number of benzene rings is 2. The molecule has 4 rings (SSSR count). The Labute approximate surface area is 218 Å². The average molecular weight is 576 g/mol. The van der Waals surface area contributed by atoms with Gasteiger partial charge in [-0.05, 0) is 38.5 Å². The molecule has 2 unspecified atom stereocenters. The van der Waals surface area contributed by atoms with E-state index in [0.717, 1.165) is 40.7 Å². The Bertz CT molecular complexity index is 1120. The Hall–Kier alpha value is -2.82. The van der Waals surface area contributed by atoms with E-state index in [2.05, 4.69) is 39.9 Å². The molecule has 2 aromatic carbocycles. The lowest BCUT2D eigenvalue weighted by Crippen LogP contribution is -2.44. The van der Waals surface area contributed by atoms with Gasteiger partial charge in [-0.1, -0.05) is 36.4 Å². The molecule has 0 saturated heterocycles. The molecule has 0 radical (unpaired) electrons. The molecule has 1 aliphatic rings. The first-order valence-electron chi connectivity index (χ1n) is 11.3. The molecule has 2 N–H and O–H groups in total. The largest absolute Gasteiger partial charge is 0.493 e. The van der Waals surface area contributed by atoms with Crippen LogP contribution < -0.4 is 20.1 Å². The van der Waals surface area contributed by atoms with Crippen LogP contribution in [0.5, 0.6) is 11.5 Å². The predicted octanol–water partition coefficient (Wildman–Crippen LogP) is 4.08. The molecule has 0 fully saturated rings. The van der Waals surface area contributed by atoms with Gasteiger partial charge in [0.1, 0.15) is 30.0 Å². The van der Waals surface area contributed by atoms with Gasteiger partial charge in [-0.3, -0.25) is 0 Å². The maximum Gasteiger partial charge on any atom is 0.192 e. The fraction of sp³-hybridized carbons (Fsp3) is 0.400. The van der Waals surface area contributed by atoms with Gasteiger partial charge in [-0.2, -0.15) is 0 Å². The van der Waals surface area contributed by atoms with Crippen LogP contribution in [0.25, 0.3) is 0 Å². The highest BCUT2D eigenvalue weighted by Gasteiger charge is 2.22. The molecule has 34 heavy (non-hydrogen) atoms. The Balaban J connectivity index is 0.00000324. The van der Waals surface area contributed by atoms with E-state index in [9.17, 15) is 0 Å². The number of aryl methyl sites for hydroxylation is 2. The van der Waals surface area contributed by atoms with Crippen molar-refractivity contribution in [3.8, 4) is 11.5 Å². The highest BCUT2D eigenvalue weighted by molar-refractivity contribution is 14.0. The number of fused-ring (bicyclic) bond motifs is 1. The van der Waals surface area contributed by atoms with Crippen molar-refractivity contribution in [3.63, 3.8) is 0 Å². The van der Waals surface area contributed by atoms with Crippen molar-refractivity contribution in [1.29, 1.82) is 0 Å². The summed E-state index contributed by atoms with van der Waals surface area (Å²) in [5, 5.41) is 15.4. The van der Waals surface area contributed by atoms with E-state index >= 15 is 0 Å². The lowest BCUT2D eigenvalue weighted by Gasteiger charge is -2.28. The summed E-state index contributed by atoms with van der Waals surface area (Å²) >= 11 is 0.